The third kappa shape index (κ3) is 3.61. The van der Waals surface area contributed by atoms with E-state index in [4.69, 9.17) is 0 Å². The number of nitrogens with one attached hydrogen (secondary N) is 2. The quantitative estimate of drug-likeness (QED) is 0.877. The van der Waals surface area contributed by atoms with Gasteiger partial charge in [-0.2, -0.15) is 5.10 Å². The van der Waals surface area contributed by atoms with Crippen LogP contribution in [-0.4, -0.2) is 39.5 Å². The molecular formula is C21H26N4O2. The Morgan fingerprint density at radius 2 is 1.96 bits per heavy atom. The van der Waals surface area contributed by atoms with Crippen molar-refractivity contribution in [1.29, 1.82) is 0 Å². The monoisotopic (exact) mass is 366 g/mol. The molecule has 0 saturated heterocycles. The van der Waals surface area contributed by atoms with Crippen LogP contribution in [0.5, 0.6) is 0 Å². The van der Waals surface area contributed by atoms with Crippen LogP contribution in [0.4, 0.5) is 0 Å². The molecular weight excluding hydrogens is 340 g/mol. The van der Waals surface area contributed by atoms with E-state index in [1.807, 2.05) is 36.1 Å². The average molecular weight is 366 g/mol. The van der Waals surface area contributed by atoms with Gasteiger partial charge in [-0.15, -0.1) is 0 Å². The van der Waals surface area contributed by atoms with Crippen LogP contribution >= 0.6 is 0 Å². The fourth-order valence-corrected chi connectivity index (χ4v) is 4.14. The average Bonchev–Trinajstić information content (AvgIpc) is 3.12. The van der Waals surface area contributed by atoms with Crippen molar-refractivity contribution in [2.24, 2.45) is 0 Å². The Morgan fingerprint density at radius 1 is 1.19 bits per heavy atom. The summed E-state index contributed by atoms with van der Waals surface area (Å²) >= 11 is 0. The molecule has 0 radical (unpaired) electrons. The number of aryl methyl sites for hydroxylation is 1. The molecule has 0 atom stereocenters. The number of carbonyl (C=O) groups is 2. The van der Waals surface area contributed by atoms with Gasteiger partial charge in [-0.05, 0) is 31.4 Å². The van der Waals surface area contributed by atoms with Gasteiger partial charge >= 0.3 is 0 Å². The first-order chi connectivity index (χ1) is 13.1. The summed E-state index contributed by atoms with van der Waals surface area (Å²) in [4.78, 5) is 27.5. The van der Waals surface area contributed by atoms with E-state index in [2.05, 4.69) is 15.5 Å². The van der Waals surface area contributed by atoms with Crippen molar-refractivity contribution in [1.82, 2.24) is 20.4 Å². The third-order valence-corrected chi connectivity index (χ3v) is 5.75. The number of amides is 2. The highest BCUT2D eigenvalue weighted by Crippen LogP contribution is 2.24. The van der Waals surface area contributed by atoms with Gasteiger partial charge < -0.3 is 10.2 Å². The largest absolute Gasteiger partial charge is 0.348 e. The molecule has 1 aromatic heterocycles. The predicted octanol–water partition coefficient (Wildman–Crippen LogP) is 2.98. The van der Waals surface area contributed by atoms with Crippen LogP contribution in [0.3, 0.4) is 0 Å². The second-order valence-electron chi connectivity index (χ2n) is 7.63. The molecule has 1 fully saturated rings. The highest BCUT2D eigenvalue weighted by Gasteiger charge is 2.29. The van der Waals surface area contributed by atoms with Gasteiger partial charge in [-0.25, -0.2) is 0 Å². The fourth-order valence-electron chi connectivity index (χ4n) is 4.14. The first kappa shape index (κ1) is 17.8. The van der Waals surface area contributed by atoms with Crippen molar-refractivity contribution in [2.75, 3.05) is 6.54 Å². The fraction of sp³-hybridized carbons (Fsp3) is 0.476. The summed E-state index contributed by atoms with van der Waals surface area (Å²) in [7, 11) is 0. The second kappa shape index (κ2) is 7.55. The maximum absolute atomic E-state index is 12.9. The van der Waals surface area contributed by atoms with E-state index in [-0.39, 0.29) is 17.9 Å². The van der Waals surface area contributed by atoms with E-state index in [0.717, 1.165) is 35.2 Å². The Kier molecular flexibility index (Phi) is 4.97. The Morgan fingerprint density at radius 3 is 2.74 bits per heavy atom. The van der Waals surface area contributed by atoms with Crippen LogP contribution in [0.15, 0.2) is 24.3 Å². The van der Waals surface area contributed by atoms with E-state index in [1.165, 1.54) is 19.3 Å². The molecule has 2 aromatic rings. The van der Waals surface area contributed by atoms with Crippen molar-refractivity contribution in [3.05, 3.63) is 52.3 Å². The van der Waals surface area contributed by atoms with Crippen LogP contribution in [0.2, 0.25) is 0 Å². The van der Waals surface area contributed by atoms with Crippen molar-refractivity contribution in [2.45, 2.75) is 58.0 Å². The molecule has 2 N–H and O–H groups in total. The van der Waals surface area contributed by atoms with Crippen molar-refractivity contribution < 1.29 is 9.59 Å². The summed E-state index contributed by atoms with van der Waals surface area (Å²) in [6.45, 7) is 3.00. The molecule has 1 aromatic carbocycles. The van der Waals surface area contributed by atoms with Crippen LogP contribution in [0.1, 0.15) is 69.8 Å². The Hall–Kier alpha value is -2.63. The van der Waals surface area contributed by atoms with E-state index >= 15 is 0 Å². The topological polar surface area (TPSA) is 78.1 Å². The lowest BCUT2D eigenvalue weighted by molar-refractivity contribution is 0.0730. The van der Waals surface area contributed by atoms with Crippen LogP contribution in [-0.2, 0) is 13.0 Å². The van der Waals surface area contributed by atoms with E-state index in [0.29, 0.717) is 25.2 Å². The Labute approximate surface area is 159 Å². The Balaban J connectivity index is 1.50. The lowest BCUT2D eigenvalue weighted by Crippen LogP contribution is -2.39. The lowest BCUT2D eigenvalue weighted by Gasteiger charge is -2.28. The van der Waals surface area contributed by atoms with Crippen molar-refractivity contribution in [3.63, 3.8) is 0 Å². The molecule has 0 bridgehead atoms. The number of aromatic nitrogens is 2. The number of hydrogen-bond acceptors (Lipinski definition) is 3. The summed E-state index contributed by atoms with van der Waals surface area (Å²) in [6.07, 6.45) is 6.36. The zero-order chi connectivity index (χ0) is 18.8. The molecule has 6 heteroatoms. The molecule has 1 aliphatic heterocycles. The Bertz CT molecular complexity index is 852. The number of benzene rings is 1. The molecule has 0 spiro atoms. The minimum atomic E-state index is -0.121. The van der Waals surface area contributed by atoms with Crippen LogP contribution in [0, 0.1) is 6.92 Å². The highest BCUT2D eigenvalue weighted by atomic mass is 16.2. The molecule has 27 heavy (non-hydrogen) atoms. The van der Waals surface area contributed by atoms with Crippen molar-refractivity contribution >= 4 is 11.8 Å². The number of nitrogens with zero attached hydrogens (tertiary/aromatic N) is 2. The predicted molar refractivity (Wildman–Crippen MR) is 103 cm³/mol. The summed E-state index contributed by atoms with van der Waals surface area (Å²) in [5.74, 6) is -0.108. The van der Waals surface area contributed by atoms with Gasteiger partial charge in [0.25, 0.3) is 11.8 Å². The molecule has 2 aliphatic rings. The zero-order valence-corrected chi connectivity index (χ0v) is 15.8. The molecule has 2 heterocycles. The normalized spacial score (nSPS) is 17.4. The first-order valence-electron chi connectivity index (χ1n) is 9.85. The molecule has 1 saturated carbocycles. The molecule has 4 rings (SSSR count). The number of fused-ring (bicyclic) bond motifs is 1. The van der Waals surface area contributed by atoms with Gasteiger partial charge in [0.15, 0.2) is 5.69 Å². The van der Waals surface area contributed by atoms with Gasteiger partial charge in [0.2, 0.25) is 0 Å². The van der Waals surface area contributed by atoms with Crippen molar-refractivity contribution in [3.8, 4) is 0 Å². The SMILES string of the molecule is Cc1ccccc1C(=O)N1CCc2[nH]nc(C(=O)NC3CCCCC3)c2C1. The summed E-state index contributed by atoms with van der Waals surface area (Å²) < 4.78 is 0. The molecule has 6 nitrogen and oxygen atoms in total. The zero-order valence-electron chi connectivity index (χ0n) is 15.8. The van der Waals surface area contributed by atoms with E-state index in [9.17, 15) is 9.59 Å². The molecule has 142 valence electrons. The summed E-state index contributed by atoms with van der Waals surface area (Å²) in [5, 5.41) is 10.4. The number of H-pyrrole nitrogens is 1. The van der Waals surface area contributed by atoms with Gasteiger partial charge in [-0.1, -0.05) is 37.5 Å². The number of carbonyl (C=O) groups excluding carboxylic acids is 2. The molecule has 2 amide bonds. The van der Waals surface area contributed by atoms with Gasteiger partial charge in [0.05, 0.1) is 6.54 Å². The minimum absolute atomic E-state index is 0.0126. The van der Waals surface area contributed by atoms with E-state index in [1.54, 1.807) is 0 Å². The van der Waals surface area contributed by atoms with Gasteiger partial charge in [-0.3, -0.25) is 14.7 Å². The van der Waals surface area contributed by atoms with Gasteiger partial charge in [0.1, 0.15) is 0 Å². The first-order valence-corrected chi connectivity index (χ1v) is 9.85. The van der Waals surface area contributed by atoms with Crippen LogP contribution < -0.4 is 5.32 Å². The van der Waals surface area contributed by atoms with E-state index < -0.39 is 0 Å². The summed E-state index contributed by atoms with van der Waals surface area (Å²) in [6, 6.07) is 7.87. The standard InChI is InChI=1S/C21H26N4O2/c1-14-7-5-6-10-16(14)21(27)25-12-11-18-17(13-25)19(24-23-18)20(26)22-15-8-3-2-4-9-15/h5-7,10,15H,2-4,8-9,11-13H2,1H3,(H,22,26)(H,23,24). The third-order valence-electron chi connectivity index (χ3n) is 5.75. The number of hydrogen-bond donors (Lipinski definition) is 2. The maximum atomic E-state index is 12.9. The second-order valence-corrected chi connectivity index (χ2v) is 7.63. The van der Waals surface area contributed by atoms with Crippen LogP contribution in [0.25, 0.3) is 0 Å². The smallest absolute Gasteiger partial charge is 0.272 e. The molecule has 1 aliphatic carbocycles. The highest BCUT2D eigenvalue weighted by molar-refractivity contribution is 5.97. The summed E-state index contributed by atoms with van der Waals surface area (Å²) in [5.41, 5.74) is 3.96. The minimum Gasteiger partial charge on any atom is -0.348 e. The maximum Gasteiger partial charge on any atom is 0.272 e. The number of aromatic amines is 1. The number of rotatable bonds is 3. The molecule has 0 unspecified atom stereocenters. The van der Waals surface area contributed by atoms with Gasteiger partial charge in [0, 0.05) is 35.8 Å². The lowest BCUT2D eigenvalue weighted by atomic mass is 9.95.